The molecule has 0 unspecified atom stereocenters. The molecular formula is C24H21N3O4S. The normalized spacial score (nSPS) is 10.7. The molecule has 1 aromatic heterocycles. The lowest BCUT2D eigenvalue weighted by molar-refractivity contribution is 0.0977. The highest BCUT2D eigenvalue weighted by atomic mass is 32.1. The first-order valence-electron chi connectivity index (χ1n) is 9.81. The minimum atomic E-state index is -0.370. The molecule has 0 radical (unpaired) electrons. The molecule has 3 aromatic carbocycles. The topological polar surface area (TPSA) is 96.6 Å². The van der Waals surface area contributed by atoms with Gasteiger partial charge in [0.1, 0.15) is 17.0 Å². The number of aromatic hydroxyl groups is 1. The first-order chi connectivity index (χ1) is 15.3. The van der Waals surface area contributed by atoms with E-state index in [2.05, 4.69) is 15.6 Å². The Morgan fingerprint density at radius 1 is 1.12 bits per heavy atom. The molecule has 0 saturated heterocycles. The van der Waals surface area contributed by atoms with E-state index in [0.717, 1.165) is 16.6 Å². The second-order valence-corrected chi connectivity index (χ2v) is 7.73. The number of aryl methyl sites for hydroxylation is 2. The van der Waals surface area contributed by atoms with Crippen LogP contribution in [-0.2, 0) is 0 Å². The number of nitrogens with zero attached hydrogens (tertiary/aromatic N) is 1. The van der Waals surface area contributed by atoms with E-state index in [0.29, 0.717) is 34.0 Å². The third kappa shape index (κ3) is 4.40. The van der Waals surface area contributed by atoms with Gasteiger partial charge in [0.2, 0.25) is 5.89 Å². The van der Waals surface area contributed by atoms with E-state index in [1.165, 1.54) is 13.2 Å². The molecule has 7 nitrogen and oxygen atoms in total. The van der Waals surface area contributed by atoms with Gasteiger partial charge in [-0.2, -0.15) is 0 Å². The van der Waals surface area contributed by atoms with Gasteiger partial charge in [-0.1, -0.05) is 12.1 Å². The molecule has 162 valence electrons. The summed E-state index contributed by atoms with van der Waals surface area (Å²) >= 11 is 5.27. The Morgan fingerprint density at radius 3 is 2.72 bits per heavy atom. The van der Waals surface area contributed by atoms with Crippen molar-refractivity contribution in [2.75, 3.05) is 12.4 Å². The van der Waals surface area contributed by atoms with E-state index in [-0.39, 0.29) is 16.8 Å². The fraction of sp³-hybridized carbons (Fsp3) is 0.125. The Kier molecular flexibility index (Phi) is 5.79. The first kappa shape index (κ1) is 21.3. The molecule has 4 rings (SSSR count). The molecule has 8 heteroatoms. The van der Waals surface area contributed by atoms with Crippen molar-refractivity contribution in [1.82, 2.24) is 10.3 Å². The van der Waals surface area contributed by atoms with Crippen molar-refractivity contribution in [3.8, 4) is 23.0 Å². The van der Waals surface area contributed by atoms with Crippen molar-refractivity contribution in [1.29, 1.82) is 0 Å². The van der Waals surface area contributed by atoms with Crippen molar-refractivity contribution >= 4 is 40.0 Å². The highest BCUT2D eigenvalue weighted by Gasteiger charge is 2.16. The van der Waals surface area contributed by atoms with Crippen LogP contribution in [0, 0.1) is 13.8 Å². The maximum Gasteiger partial charge on any atom is 0.257 e. The molecule has 0 aliphatic heterocycles. The Labute approximate surface area is 190 Å². The maximum atomic E-state index is 12.5. The number of fused-ring (bicyclic) bond motifs is 1. The fourth-order valence-corrected chi connectivity index (χ4v) is 3.59. The molecule has 4 aromatic rings. The number of thiocarbonyl (C=S) groups is 1. The molecule has 0 atom stereocenters. The molecule has 0 aliphatic rings. The molecule has 32 heavy (non-hydrogen) atoms. The maximum absolute atomic E-state index is 12.5. The molecule has 1 amide bonds. The number of aromatic nitrogens is 1. The van der Waals surface area contributed by atoms with Crippen molar-refractivity contribution in [2.24, 2.45) is 0 Å². The summed E-state index contributed by atoms with van der Waals surface area (Å²) in [6, 6.07) is 15.5. The predicted molar refractivity (Wildman–Crippen MR) is 127 cm³/mol. The fourth-order valence-electron chi connectivity index (χ4n) is 3.38. The van der Waals surface area contributed by atoms with Crippen molar-refractivity contribution in [3.05, 3.63) is 71.3 Å². The highest BCUT2D eigenvalue weighted by molar-refractivity contribution is 7.80. The minimum Gasteiger partial charge on any atom is -0.507 e. The highest BCUT2D eigenvalue weighted by Crippen LogP contribution is 2.34. The van der Waals surface area contributed by atoms with Gasteiger partial charge in [0.25, 0.3) is 5.91 Å². The van der Waals surface area contributed by atoms with Gasteiger partial charge >= 0.3 is 0 Å². The van der Waals surface area contributed by atoms with Crippen LogP contribution in [0.15, 0.2) is 59.0 Å². The average molecular weight is 448 g/mol. The van der Waals surface area contributed by atoms with Crippen molar-refractivity contribution < 1.29 is 19.1 Å². The predicted octanol–water partition coefficient (Wildman–Crippen LogP) is 4.95. The van der Waals surface area contributed by atoms with Gasteiger partial charge in [0, 0.05) is 11.3 Å². The average Bonchev–Trinajstić information content (AvgIpc) is 3.19. The van der Waals surface area contributed by atoms with E-state index in [1.807, 2.05) is 26.0 Å². The number of methoxy groups -OCH3 is 1. The lowest BCUT2D eigenvalue weighted by atomic mass is 10.1. The third-order valence-corrected chi connectivity index (χ3v) is 5.07. The van der Waals surface area contributed by atoms with Crippen LogP contribution in [0.1, 0.15) is 21.5 Å². The summed E-state index contributed by atoms with van der Waals surface area (Å²) in [5.41, 5.74) is 4.81. The summed E-state index contributed by atoms with van der Waals surface area (Å²) in [5, 5.41) is 16.1. The standard InChI is InChI=1S/C24H21N3O4S/c1-13-9-14(2)21-19(10-13)26-23(31-21)18-12-16(7-8-20(18)28)25-24(32)27-22(29)15-5-4-6-17(11-15)30-3/h4-12,28H,1-3H3,(H2,25,27,29,32). The number of ether oxygens (including phenoxy) is 1. The van der Waals surface area contributed by atoms with Crippen LogP contribution in [0.5, 0.6) is 11.5 Å². The zero-order valence-corrected chi connectivity index (χ0v) is 18.5. The number of benzene rings is 3. The number of rotatable bonds is 4. The van der Waals surface area contributed by atoms with Crippen LogP contribution in [0.2, 0.25) is 0 Å². The van der Waals surface area contributed by atoms with Gasteiger partial charge < -0.3 is 19.6 Å². The SMILES string of the molecule is COc1cccc(C(=O)NC(=S)Nc2ccc(O)c(-c3nc4cc(C)cc(C)c4o3)c2)c1. The molecular weight excluding hydrogens is 426 g/mol. The number of amides is 1. The molecule has 0 spiro atoms. The number of carbonyl (C=O) groups excluding carboxylic acids is 1. The van der Waals surface area contributed by atoms with Crippen LogP contribution >= 0.6 is 12.2 Å². The van der Waals surface area contributed by atoms with Gasteiger partial charge in [-0.05, 0) is 79.7 Å². The molecule has 0 aliphatic carbocycles. The summed E-state index contributed by atoms with van der Waals surface area (Å²) in [4.78, 5) is 17.0. The number of phenolic OH excluding ortho intramolecular Hbond substituents is 1. The summed E-state index contributed by atoms with van der Waals surface area (Å²) < 4.78 is 11.1. The molecule has 0 fully saturated rings. The third-order valence-electron chi connectivity index (χ3n) is 4.86. The number of anilines is 1. The van der Waals surface area contributed by atoms with Crippen LogP contribution in [-0.4, -0.2) is 28.2 Å². The monoisotopic (exact) mass is 447 g/mol. The number of phenols is 1. The second-order valence-electron chi connectivity index (χ2n) is 7.32. The quantitative estimate of drug-likeness (QED) is 0.301. The molecule has 3 N–H and O–H groups in total. The van der Waals surface area contributed by atoms with Crippen LogP contribution in [0.25, 0.3) is 22.6 Å². The lowest BCUT2D eigenvalue weighted by Crippen LogP contribution is -2.34. The van der Waals surface area contributed by atoms with Crippen LogP contribution in [0.3, 0.4) is 0 Å². The Morgan fingerprint density at radius 2 is 1.94 bits per heavy atom. The minimum absolute atomic E-state index is 0.0165. The van der Waals surface area contributed by atoms with E-state index < -0.39 is 0 Å². The zero-order chi connectivity index (χ0) is 22.8. The van der Waals surface area contributed by atoms with Crippen molar-refractivity contribution in [3.63, 3.8) is 0 Å². The summed E-state index contributed by atoms with van der Waals surface area (Å²) in [6.07, 6.45) is 0. The smallest absolute Gasteiger partial charge is 0.257 e. The van der Waals surface area contributed by atoms with Gasteiger partial charge in [-0.25, -0.2) is 4.98 Å². The van der Waals surface area contributed by atoms with Gasteiger partial charge in [-0.15, -0.1) is 0 Å². The number of hydrogen-bond acceptors (Lipinski definition) is 6. The van der Waals surface area contributed by atoms with E-state index >= 15 is 0 Å². The molecule has 0 bridgehead atoms. The van der Waals surface area contributed by atoms with Gasteiger partial charge in [-0.3, -0.25) is 10.1 Å². The number of oxazole rings is 1. The Balaban J connectivity index is 1.54. The molecule has 1 heterocycles. The largest absolute Gasteiger partial charge is 0.507 e. The lowest BCUT2D eigenvalue weighted by Gasteiger charge is -2.11. The number of carbonyl (C=O) groups is 1. The number of nitrogens with one attached hydrogen (secondary N) is 2. The zero-order valence-electron chi connectivity index (χ0n) is 17.7. The van der Waals surface area contributed by atoms with Crippen LogP contribution < -0.4 is 15.4 Å². The van der Waals surface area contributed by atoms with Crippen LogP contribution in [0.4, 0.5) is 5.69 Å². The van der Waals surface area contributed by atoms with Gasteiger partial charge in [0.15, 0.2) is 10.7 Å². The van der Waals surface area contributed by atoms with E-state index in [1.54, 1.807) is 36.4 Å². The Hall–Kier alpha value is -3.91. The number of hydrogen-bond donors (Lipinski definition) is 3. The second kappa shape index (κ2) is 8.68. The van der Waals surface area contributed by atoms with E-state index in [9.17, 15) is 9.90 Å². The summed E-state index contributed by atoms with van der Waals surface area (Å²) in [5.74, 6) is 0.512. The Bertz CT molecular complexity index is 1350. The summed E-state index contributed by atoms with van der Waals surface area (Å²) in [7, 11) is 1.53. The van der Waals surface area contributed by atoms with Crippen molar-refractivity contribution in [2.45, 2.75) is 13.8 Å². The van der Waals surface area contributed by atoms with E-state index in [4.69, 9.17) is 21.4 Å². The van der Waals surface area contributed by atoms with Gasteiger partial charge in [0.05, 0.1) is 12.7 Å². The first-order valence-corrected chi connectivity index (χ1v) is 10.2. The summed E-state index contributed by atoms with van der Waals surface area (Å²) in [6.45, 7) is 3.94. The molecule has 0 saturated carbocycles.